The molecule has 8 heteroatoms. The molecule has 1 saturated heterocycles. The third-order valence-electron chi connectivity index (χ3n) is 7.48. The van der Waals surface area contributed by atoms with E-state index in [1.165, 1.54) is 13.0 Å². The summed E-state index contributed by atoms with van der Waals surface area (Å²) in [7, 11) is 2.06. The fourth-order valence-corrected chi connectivity index (χ4v) is 5.82. The zero-order valence-corrected chi connectivity index (χ0v) is 20.6. The van der Waals surface area contributed by atoms with Crippen LogP contribution in [0.25, 0.3) is 6.08 Å². The van der Waals surface area contributed by atoms with Crippen molar-refractivity contribution in [1.29, 1.82) is 0 Å². The van der Waals surface area contributed by atoms with Crippen LogP contribution >= 0.6 is 0 Å². The van der Waals surface area contributed by atoms with E-state index < -0.39 is 17.8 Å². The molecule has 1 aliphatic heterocycles. The van der Waals surface area contributed by atoms with Gasteiger partial charge in [0, 0.05) is 37.4 Å². The van der Waals surface area contributed by atoms with E-state index in [4.69, 9.17) is 4.74 Å². The Labute approximate surface area is 210 Å². The number of likely N-dealkylation sites (tertiary alicyclic amines) is 1. The second-order valence-electron chi connectivity index (χ2n) is 10.0. The molecule has 0 amide bonds. The van der Waals surface area contributed by atoms with Crippen molar-refractivity contribution < 1.29 is 27.8 Å². The first-order valence-corrected chi connectivity index (χ1v) is 12.3. The maximum absolute atomic E-state index is 13.0. The standard InChI is InChI=1S/C28H33F3N2O3/c1-19(34)36-24-10-4-8-21(15-24)27-11-13-33(2)18-25(27)26(35)16-23(17-27)32-12-5-7-20-6-3-9-22(14-20)28(29,30)31/h3-10,14-15,23,25-26,32,35H,11-13,16-18H2,1-2H3/b7-5+. The zero-order chi connectivity index (χ0) is 25.9. The maximum Gasteiger partial charge on any atom is 0.416 e. The molecule has 1 heterocycles. The van der Waals surface area contributed by atoms with Crippen molar-refractivity contribution in [3.63, 3.8) is 0 Å². The van der Waals surface area contributed by atoms with Crippen molar-refractivity contribution in [2.75, 3.05) is 26.7 Å². The predicted molar refractivity (Wildman–Crippen MR) is 133 cm³/mol. The number of hydrogen-bond acceptors (Lipinski definition) is 5. The molecule has 194 valence electrons. The van der Waals surface area contributed by atoms with Crippen LogP contribution in [0.15, 0.2) is 54.6 Å². The topological polar surface area (TPSA) is 61.8 Å². The summed E-state index contributed by atoms with van der Waals surface area (Å²) in [6.07, 6.45) is 0.891. The van der Waals surface area contributed by atoms with Gasteiger partial charge in [-0.3, -0.25) is 4.79 Å². The molecule has 2 N–H and O–H groups in total. The minimum atomic E-state index is -4.37. The number of nitrogens with one attached hydrogen (secondary N) is 1. The predicted octanol–water partition coefficient (Wildman–Crippen LogP) is 4.65. The highest BCUT2D eigenvalue weighted by molar-refractivity contribution is 5.69. The second-order valence-corrected chi connectivity index (χ2v) is 10.0. The van der Waals surface area contributed by atoms with E-state index in [-0.39, 0.29) is 23.3 Å². The molecule has 2 aliphatic rings. The molecule has 0 aromatic heterocycles. The Hall–Kier alpha value is -2.68. The zero-order valence-electron chi connectivity index (χ0n) is 20.6. The number of benzene rings is 2. The lowest BCUT2D eigenvalue weighted by molar-refractivity contribution is -0.137. The van der Waals surface area contributed by atoms with Crippen molar-refractivity contribution in [3.05, 3.63) is 71.3 Å². The van der Waals surface area contributed by atoms with E-state index >= 15 is 0 Å². The monoisotopic (exact) mass is 502 g/mol. The third-order valence-corrected chi connectivity index (χ3v) is 7.48. The largest absolute Gasteiger partial charge is 0.427 e. The summed E-state index contributed by atoms with van der Waals surface area (Å²) in [5.41, 5.74) is 0.607. The summed E-state index contributed by atoms with van der Waals surface area (Å²) in [5, 5.41) is 14.7. The molecule has 0 bridgehead atoms. The molecule has 0 spiro atoms. The average molecular weight is 503 g/mol. The van der Waals surface area contributed by atoms with Crippen LogP contribution in [0.3, 0.4) is 0 Å². The lowest BCUT2D eigenvalue weighted by Gasteiger charge is -2.54. The lowest BCUT2D eigenvalue weighted by atomic mass is 9.57. The smallest absolute Gasteiger partial charge is 0.416 e. The Balaban J connectivity index is 1.50. The second kappa shape index (κ2) is 10.7. The Morgan fingerprint density at radius 1 is 1.25 bits per heavy atom. The first-order chi connectivity index (χ1) is 17.1. The van der Waals surface area contributed by atoms with E-state index in [9.17, 15) is 23.1 Å². The van der Waals surface area contributed by atoms with Gasteiger partial charge in [-0.05, 0) is 68.2 Å². The number of carbonyl (C=O) groups is 1. The molecule has 4 rings (SSSR count). The van der Waals surface area contributed by atoms with Crippen molar-refractivity contribution in [1.82, 2.24) is 10.2 Å². The van der Waals surface area contributed by atoms with Crippen LogP contribution in [0.4, 0.5) is 13.2 Å². The van der Waals surface area contributed by atoms with Crippen molar-refractivity contribution in [2.24, 2.45) is 5.92 Å². The van der Waals surface area contributed by atoms with Gasteiger partial charge in [-0.1, -0.05) is 36.4 Å². The van der Waals surface area contributed by atoms with Crippen LogP contribution in [0, 0.1) is 5.92 Å². The summed E-state index contributed by atoms with van der Waals surface area (Å²) >= 11 is 0. The van der Waals surface area contributed by atoms with Crippen LogP contribution in [0.5, 0.6) is 5.75 Å². The lowest BCUT2D eigenvalue weighted by Crippen LogP contribution is -2.60. The van der Waals surface area contributed by atoms with Crippen LogP contribution in [0.2, 0.25) is 0 Å². The van der Waals surface area contributed by atoms with Gasteiger partial charge in [0.05, 0.1) is 11.7 Å². The number of ether oxygens (including phenoxy) is 1. The van der Waals surface area contributed by atoms with Gasteiger partial charge in [0.1, 0.15) is 5.75 Å². The van der Waals surface area contributed by atoms with Crippen molar-refractivity contribution in [2.45, 2.75) is 49.9 Å². The van der Waals surface area contributed by atoms with Gasteiger partial charge < -0.3 is 20.1 Å². The summed E-state index contributed by atoms with van der Waals surface area (Å²) in [6.45, 7) is 3.52. The maximum atomic E-state index is 13.0. The summed E-state index contributed by atoms with van der Waals surface area (Å²) in [6, 6.07) is 12.9. The molecule has 36 heavy (non-hydrogen) atoms. The SMILES string of the molecule is CC(=O)Oc1cccc(C23CCN(C)CC2C(O)CC(NC/C=C/c2cccc(C(F)(F)F)c2)C3)c1. The average Bonchev–Trinajstić information content (AvgIpc) is 2.82. The fraction of sp³-hybridized carbons (Fsp3) is 0.464. The number of nitrogens with zero attached hydrogens (tertiary/aromatic N) is 1. The van der Waals surface area contributed by atoms with Crippen LogP contribution in [-0.4, -0.2) is 54.8 Å². The molecule has 2 aromatic carbocycles. The van der Waals surface area contributed by atoms with Gasteiger partial charge in [0.25, 0.3) is 0 Å². The van der Waals surface area contributed by atoms with Gasteiger partial charge in [-0.15, -0.1) is 0 Å². The number of alkyl halides is 3. The molecule has 1 saturated carbocycles. The number of aliphatic hydroxyl groups is 1. The van der Waals surface area contributed by atoms with Crippen LogP contribution in [-0.2, 0) is 16.4 Å². The number of aliphatic hydroxyl groups excluding tert-OH is 1. The minimum absolute atomic E-state index is 0.0307. The highest BCUT2D eigenvalue weighted by atomic mass is 19.4. The van der Waals surface area contributed by atoms with Crippen LogP contribution in [0.1, 0.15) is 42.9 Å². The normalized spacial score (nSPS) is 27.1. The highest BCUT2D eigenvalue weighted by Crippen LogP contribution is 2.49. The van der Waals surface area contributed by atoms with Crippen molar-refractivity contribution in [3.8, 4) is 5.75 Å². The minimum Gasteiger partial charge on any atom is -0.427 e. The molecule has 1 aliphatic carbocycles. The molecule has 5 nitrogen and oxygen atoms in total. The fourth-order valence-electron chi connectivity index (χ4n) is 5.82. The van der Waals surface area contributed by atoms with E-state index in [0.29, 0.717) is 24.3 Å². The van der Waals surface area contributed by atoms with Crippen LogP contribution < -0.4 is 10.1 Å². The van der Waals surface area contributed by atoms with Gasteiger partial charge in [0.2, 0.25) is 0 Å². The molecule has 2 fully saturated rings. The number of hydrogen-bond donors (Lipinski definition) is 2. The summed E-state index contributed by atoms with van der Waals surface area (Å²) < 4.78 is 44.3. The highest BCUT2D eigenvalue weighted by Gasteiger charge is 2.51. The first-order valence-electron chi connectivity index (χ1n) is 12.3. The number of fused-ring (bicyclic) bond motifs is 1. The van der Waals surface area contributed by atoms with Crippen molar-refractivity contribution >= 4 is 12.0 Å². The molecular weight excluding hydrogens is 469 g/mol. The summed E-state index contributed by atoms with van der Waals surface area (Å²) in [4.78, 5) is 13.7. The number of carbonyl (C=O) groups excluding carboxylic acids is 1. The number of piperidine rings is 1. The van der Waals surface area contributed by atoms with Gasteiger partial charge in [0.15, 0.2) is 0 Å². The Morgan fingerprint density at radius 2 is 2.03 bits per heavy atom. The molecular formula is C28H33F3N2O3. The quantitative estimate of drug-likeness (QED) is 0.445. The van der Waals surface area contributed by atoms with E-state index in [1.54, 1.807) is 18.2 Å². The number of esters is 1. The van der Waals surface area contributed by atoms with E-state index in [2.05, 4.69) is 17.3 Å². The third kappa shape index (κ3) is 5.99. The van der Waals surface area contributed by atoms with Gasteiger partial charge in [-0.25, -0.2) is 0 Å². The molecule has 4 unspecified atom stereocenters. The van der Waals surface area contributed by atoms with Gasteiger partial charge >= 0.3 is 12.1 Å². The molecule has 4 atom stereocenters. The summed E-state index contributed by atoms with van der Waals surface area (Å²) in [5.74, 6) is 0.170. The Kier molecular flexibility index (Phi) is 7.87. The Morgan fingerprint density at radius 3 is 2.78 bits per heavy atom. The number of halogens is 3. The van der Waals surface area contributed by atoms with E-state index in [1.807, 2.05) is 24.3 Å². The Bertz CT molecular complexity index is 1100. The van der Waals surface area contributed by atoms with E-state index in [0.717, 1.165) is 43.6 Å². The molecule has 2 aromatic rings. The van der Waals surface area contributed by atoms with Gasteiger partial charge in [-0.2, -0.15) is 13.2 Å². The first kappa shape index (κ1) is 26.4. The molecule has 0 radical (unpaired) electrons. The number of rotatable bonds is 6.